The number of rotatable bonds is 3. The monoisotopic (exact) mass is 402 g/mol. The van der Waals surface area contributed by atoms with E-state index in [9.17, 15) is 9.59 Å². The van der Waals surface area contributed by atoms with E-state index in [0.29, 0.717) is 23.4 Å². The molecule has 0 spiro atoms. The van der Waals surface area contributed by atoms with Crippen molar-refractivity contribution in [1.82, 2.24) is 0 Å². The van der Waals surface area contributed by atoms with Crippen molar-refractivity contribution in [2.75, 3.05) is 6.61 Å². The van der Waals surface area contributed by atoms with Crippen LogP contribution in [0.25, 0.3) is 0 Å². The van der Waals surface area contributed by atoms with Gasteiger partial charge in [0.05, 0.1) is 0 Å². The van der Waals surface area contributed by atoms with Gasteiger partial charge in [0.1, 0.15) is 12.7 Å². The van der Waals surface area contributed by atoms with Gasteiger partial charge in [-0.05, 0) is 98.4 Å². The third-order valence-electron chi connectivity index (χ3n) is 9.41. The highest BCUT2D eigenvalue weighted by Gasteiger charge is 2.59. The minimum absolute atomic E-state index is 0.125. The number of ether oxygens (including phenoxy) is 2. The molecule has 0 aromatic carbocycles. The van der Waals surface area contributed by atoms with Crippen LogP contribution in [0.4, 0.5) is 0 Å². The summed E-state index contributed by atoms with van der Waals surface area (Å²) in [7, 11) is 0. The Hall–Kier alpha value is -1.32. The van der Waals surface area contributed by atoms with Gasteiger partial charge < -0.3 is 9.47 Å². The topological polar surface area (TPSA) is 52.6 Å². The van der Waals surface area contributed by atoms with Crippen LogP contribution in [0.1, 0.15) is 85.5 Å². The Bertz CT molecular complexity index is 697. The number of allylic oxidation sites excluding steroid dienone is 1. The van der Waals surface area contributed by atoms with Crippen LogP contribution < -0.4 is 0 Å². The zero-order valence-corrected chi connectivity index (χ0v) is 18.7. The van der Waals surface area contributed by atoms with E-state index in [1.807, 2.05) is 0 Å². The molecule has 7 atom stereocenters. The molecule has 4 saturated carbocycles. The standard InChI is InChI=1S/C25H38O4/c1-16(26)28-14-11-18-6-8-22-21-7-5-19-15-20(29-17(2)27)9-12-25(19,4)23(21)10-13-24(18,22)3/h11,19-23H,5-10,12-15H2,1-4H3/t19?,20?,21-,22-,23-,24+,25-/m0/s1. The Morgan fingerprint density at radius 2 is 1.79 bits per heavy atom. The highest BCUT2D eigenvalue weighted by Crippen LogP contribution is 2.67. The number of fused-ring (bicyclic) bond motifs is 5. The van der Waals surface area contributed by atoms with Crippen molar-refractivity contribution in [2.45, 2.75) is 91.6 Å². The highest BCUT2D eigenvalue weighted by molar-refractivity contribution is 5.66. The largest absolute Gasteiger partial charge is 0.463 e. The van der Waals surface area contributed by atoms with Gasteiger partial charge in [-0.2, -0.15) is 0 Å². The normalized spacial score (nSPS) is 45.1. The lowest BCUT2D eigenvalue weighted by atomic mass is 9.45. The zero-order chi connectivity index (χ0) is 20.8. The molecule has 2 unspecified atom stereocenters. The first-order valence-electron chi connectivity index (χ1n) is 11.7. The van der Waals surface area contributed by atoms with Crippen LogP contribution in [0.2, 0.25) is 0 Å². The molecule has 29 heavy (non-hydrogen) atoms. The van der Waals surface area contributed by atoms with Crippen LogP contribution in [0.5, 0.6) is 0 Å². The van der Waals surface area contributed by atoms with E-state index in [1.54, 1.807) is 6.92 Å². The van der Waals surface area contributed by atoms with Crippen molar-refractivity contribution in [2.24, 2.45) is 34.5 Å². The summed E-state index contributed by atoms with van der Waals surface area (Å²) in [6, 6.07) is 0. The Labute approximate surface area is 175 Å². The second-order valence-electron chi connectivity index (χ2n) is 10.7. The van der Waals surface area contributed by atoms with Gasteiger partial charge >= 0.3 is 11.9 Å². The summed E-state index contributed by atoms with van der Waals surface area (Å²) in [5.74, 6) is 2.78. The lowest BCUT2D eigenvalue weighted by Gasteiger charge is -2.60. The van der Waals surface area contributed by atoms with Gasteiger partial charge in [0.2, 0.25) is 0 Å². The van der Waals surface area contributed by atoms with Crippen molar-refractivity contribution in [3.8, 4) is 0 Å². The fourth-order valence-electron chi connectivity index (χ4n) is 8.00. The predicted octanol–water partition coefficient (Wildman–Crippen LogP) is 5.45. The smallest absolute Gasteiger partial charge is 0.302 e. The molecule has 162 valence electrons. The first-order chi connectivity index (χ1) is 13.7. The van der Waals surface area contributed by atoms with Crippen molar-refractivity contribution in [3.05, 3.63) is 11.6 Å². The van der Waals surface area contributed by atoms with E-state index >= 15 is 0 Å². The molecule has 4 heteroatoms. The van der Waals surface area contributed by atoms with E-state index in [1.165, 1.54) is 57.4 Å². The van der Waals surface area contributed by atoms with E-state index < -0.39 is 0 Å². The molecule has 0 radical (unpaired) electrons. The minimum atomic E-state index is -0.194. The molecule has 4 aliphatic carbocycles. The number of esters is 2. The van der Waals surface area contributed by atoms with E-state index in [4.69, 9.17) is 9.47 Å². The van der Waals surface area contributed by atoms with Gasteiger partial charge in [-0.3, -0.25) is 9.59 Å². The molecule has 4 rings (SSSR count). The maximum Gasteiger partial charge on any atom is 0.302 e. The Morgan fingerprint density at radius 1 is 1.00 bits per heavy atom. The summed E-state index contributed by atoms with van der Waals surface area (Å²) in [6.07, 6.45) is 13.3. The molecule has 0 heterocycles. The average molecular weight is 403 g/mol. The van der Waals surface area contributed by atoms with Gasteiger partial charge in [-0.15, -0.1) is 0 Å². The van der Waals surface area contributed by atoms with Crippen molar-refractivity contribution < 1.29 is 19.1 Å². The number of carbonyl (C=O) groups is 2. The molecule has 0 aliphatic heterocycles. The summed E-state index contributed by atoms with van der Waals surface area (Å²) in [5, 5.41) is 0. The second kappa shape index (κ2) is 7.74. The van der Waals surface area contributed by atoms with Crippen LogP contribution in [-0.2, 0) is 19.1 Å². The highest BCUT2D eigenvalue weighted by atomic mass is 16.5. The Morgan fingerprint density at radius 3 is 2.52 bits per heavy atom. The molecular weight excluding hydrogens is 364 g/mol. The summed E-state index contributed by atoms with van der Waals surface area (Å²) < 4.78 is 10.8. The molecular formula is C25H38O4. The van der Waals surface area contributed by atoms with Crippen LogP contribution in [-0.4, -0.2) is 24.6 Å². The first-order valence-corrected chi connectivity index (χ1v) is 11.7. The SMILES string of the molecule is CC(=O)OCC=C1CC[C@H]2[C@@H]3CCC4CC(OC(C)=O)CC[C@]4(C)[C@H]3CC[C@]12C. The molecule has 0 aromatic rings. The van der Waals surface area contributed by atoms with E-state index in [0.717, 1.165) is 30.6 Å². The van der Waals surface area contributed by atoms with Crippen molar-refractivity contribution >= 4 is 11.9 Å². The van der Waals surface area contributed by atoms with Gasteiger partial charge in [0.25, 0.3) is 0 Å². The first kappa shape index (κ1) is 20.9. The predicted molar refractivity (Wildman–Crippen MR) is 112 cm³/mol. The number of carbonyl (C=O) groups excluding carboxylic acids is 2. The lowest BCUT2D eigenvalue weighted by molar-refractivity contribution is -0.158. The van der Waals surface area contributed by atoms with Gasteiger partial charge in [0, 0.05) is 13.8 Å². The molecule has 0 bridgehead atoms. The fraction of sp³-hybridized carbons (Fsp3) is 0.840. The summed E-state index contributed by atoms with van der Waals surface area (Å²) >= 11 is 0. The van der Waals surface area contributed by atoms with Crippen LogP contribution in [0, 0.1) is 34.5 Å². The summed E-state index contributed by atoms with van der Waals surface area (Å²) in [5.41, 5.74) is 2.23. The van der Waals surface area contributed by atoms with E-state index in [2.05, 4.69) is 19.9 Å². The van der Waals surface area contributed by atoms with Crippen molar-refractivity contribution in [3.63, 3.8) is 0 Å². The number of hydrogen-bond donors (Lipinski definition) is 0. The quantitative estimate of drug-likeness (QED) is 0.465. The zero-order valence-electron chi connectivity index (χ0n) is 18.7. The summed E-state index contributed by atoms with van der Waals surface area (Å²) in [4.78, 5) is 22.6. The third kappa shape index (κ3) is 3.65. The minimum Gasteiger partial charge on any atom is -0.463 e. The summed E-state index contributed by atoms with van der Waals surface area (Å²) in [6.45, 7) is 8.48. The maximum atomic E-state index is 11.4. The Balaban J connectivity index is 1.48. The van der Waals surface area contributed by atoms with Gasteiger partial charge in [-0.1, -0.05) is 19.4 Å². The molecule has 0 aromatic heterocycles. The van der Waals surface area contributed by atoms with Crippen LogP contribution in [0.15, 0.2) is 11.6 Å². The maximum absolute atomic E-state index is 11.4. The molecule has 4 nitrogen and oxygen atoms in total. The lowest BCUT2D eigenvalue weighted by Crippen LogP contribution is -2.53. The van der Waals surface area contributed by atoms with Crippen LogP contribution >= 0.6 is 0 Å². The van der Waals surface area contributed by atoms with Gasteiger partial charge in [0.15, 0.2) is 0 Å². The average Bonchev–Trinajstić information content (AvgIpc) is 2.98. The van der Waals surface area contributed by atoms with Gasteiger partial charge in [-0.25, -0.2) is 0 Å². The van der Waals surface area contributed by atoms with Crippen molar-refractivity contribution in [1.29, 1.82) is 0 Å². The van der Waals surface area contributed by atoms with E-state index in [-0.39, 0.29) is 18.0 Å². The third-order valence-corrected chi connectivity index (χ3v) is 9.41. The number of hydrogen-bond acceptors (Lipinski definition) is 4. The van der Waals surface area contributed by atoms with Crippen LogP contribution in [0.3, 0.4) is 0 Å². The molecule has 4 fully saturated rings. The molecule has 0 N–H and O–H groups in total. The fourth-order valence-corrected chi connectivity index (χ4v) is 8.00. The Kier molecular flexibility index (Phi) is 5.59. The second-order valence-corrected chi connectivity index (χ2v) is 10.7. The molecule has 4 aliphatic rings. The molecule has 0 saturated heterocycles. The molecule has 0 amide bonds.